The Bertz CT molecular complexity index is 429. The predicted molar refractivity (Wildman–Crippen MR) is 79.0 cm³/mol. The molecule has 1 aromatic heterocycles. The van der Waals surface area contributed by atoms with E-state index in [2.05, 4.69) is 14.8 Å². The van der Waals surface area contributed by atoms with Gasteiger partial charge < -0.3 is 14.5 Å². The van der Waals surface area contributed by atoms with Gasteiger partial charge in [0.15, 0.2) is 5.13 Å². The number of nitrogens with zero attached hydrogens (tertiary/aromatic N) is 3. The highest BCUT2D eigenvalue weighted by Crippen LogP contribution is 2.29. The number of likely N-dealkylation sites (N-methyl/N-ethyl adjacent to an activating group) is 2. The van der Waals surface area contributed by atoms with Gasteiger partial charge in [-0.15, -0.1) is 11.3 Å². The molecule has 0 spiro atoms. The van der Waals surface area contributed by atoms with Crippen molar-refractivity contribution in [2.45, 2.75) is 19.3 Å². The molecular formula is C13H23N3O2S. The molecule has 0 radical (unpaired) electrons. The van der Waals surface area contributed by atoms with Crippen LogP contribution in [-0.2, 0) is 14.9 Å². The highest BCUT2D eigenvalue weighted by molar-refractivity contribution is 7.13. The number of esters is 1. The van der Waals surface area contributed by atoms with Crippen molar-refractivity contribution >= 4 is 22.4 Å². The normalized spacial score (nSPS) is 11.7. The van der Waals surface area contributed by atoms with E-state index >= 15 is 0 Å². The molecule has 0 aliphatic rings. The molecule has 5 nitrogen and oxygen atoms in total. The molecule has 108 valence electrons. The second-order valence-corrected chi connectivity index (χ2v) is 6.19. The van der Waals surface area contributed by atoms with E-state index in [0.717, 1.165) is 23.9 Å². The summed E-state index contributed by atoms with van der Waals surface area (Å²) in [6.45, 7) is 5.53. The molecule has 0 amide bonds. The van der Waals surface area contributed by atoms with Crippen LogP contribution in [0.3, 0.4) is 0 Å². The lowest BCUT2D eigenvalue weighted by Gasteiger charge is -2.20. The smallest absolute Gasteiger partial charge is 0.317 e. The van der Waals surface area contributed by atoms with Crippen LogP contribution in [-0.4, -0.2) is 57.2 Å². The third-order valence-electron chi connectivity index (χ3n) is 3.04. The average molecular weight is 285 g/mol. The molecule has 0 bridgehead atoms. The molecule has 0 N–H and O–H groups in total. The van der Waals surface area contributed by atoms with E-state index in [4.69, 9.17) is 4.74 Å². The zero-order chi connectivity index (χ0) is 14.6. The number of methoxy groups -OCH3 is 1. The molecule has 0 aromatic carbocycles. The van der Waals surface area contributed by atoms with Crippen LogP contribution in [0.5, 0.6) is 0 Å². The van der Waals surface area contributed by atoms with Crippen molar-refractivity contribution in [3.05, 3.63) is 11.1 Å². The van der Waals surface area contributed by atoms with Gasteiger partial charge in [0.2, 0.25) is 0 Å². The molecule has 1 heterocycles. The fourth-order valence-electron chi connectivity index (χ4n) is 1.53. The molecule has 0 aliphatic carbocycles. The van der Waals surface area contributed by atoms with Crippen LogP contribution < -0.4 is 4.90 Å². The van der Waals surface area contributed by atoms with Crippen LogP contribution in [0.4, 0.5) is 5.13 Å². The second kappa shape index (κ2) is 6.34. The summed E-state index contributed by atoms with van der Waals surface area (Å²) in [4.78, 5) is 20.5. The average Bonchev–Trinajstić information content (AvgIpc) is 2.84. The van der Waals surface area contributed by atoms with E-state index in [1.807, 2.05) is 40.4 Å². The number of aromatic nitrogens is 1. The van der Waals surface area contributed by atoms with Gasteiger partial charge in [0.1, 0.15) is 5.41 Å². The SMILES string of the molecule is COC(=O)C(C)(C)c1csc(N(C)CCN(C)C)n1. The monoisotopic (exact) mass is 285 g/mol. The summed E-state index contributed by atoms with van der Waals surface area (Å²) in [6.07, 6.45) is 0. The Hall–Kier alpha value is -1.14. The molecular weight excluding hydrogens is 262 g/mol. The Kier molecular flexibility index (Phi) is 5.31. The van der Waals surface area contributed by atoms with Crippen LogP contribution in [0.15, 0.2) is 5.38 Å². The van der Waals surface area contributed by atoms with Crippen molar-refractivity contribution in [1.82, 2.24) is 9.88 Å². The summed E-state index contributed by atoms with van der Waals surface area (Å²) < 4.78 is 4.82. The fraction of sp³-hybridized carbons (Fsp3) is 0.692. The Labute approximate surface area is 119 Å². The van der Waals surface area contributed by atoms with Gasteiger partial charge in [0.05, 0.1) is 12.8 Å². The van der Waals surface area contributed by atoms with Gasteiger partial charge in [-0.2, -0.15) is 0 Å². The first-order chi connectivity index (χ1) is 8.78. The van der Waals surface area contributed by atoms with E-state index in [0.29, 0.717) is 0 Å². The van der Waals surface area contributed by atoms with Crippen LogP contribution in [0.2, 0.25) is 0 Å². The zero-order valence-corrected chi connectivity index (χ0v) is 13.4. The van der Waals surface area contributed by atoms with Crippen molar-refractivity contribution in [2.75, 3.05) is 46.2 Å². The third-order valence-corrected chi connectivity index (χ3v) is 3.99. The molecule has 0 fully saturated rings. The summed E-state index contributed by atoms with van der Waals surface area (Å²) in [5, 5.41) is 2.85. The van der Waals surface area contributed by atoms with E-state index in [1.54, 1.807) is 11.3 Å². The predicted octanol–water partition coefficient (Wildman–Crippen LogP) is 1.59. The lowest BCUT2D eigenvalue weighted by molar-refractivity contribution is -0.146. The van der Waals surface area contributed by atoms with Crippen molar-refractivity contribution in [3.63, 3.8) is 0 Å². The lowest BCUT2D eigenvalue weighted by atomic mass is 9.90. The van der Waals surface area contributed by atoms with Crippen LogP contribution in [0.1, 0.15) is 19.5 Å². The quantitative estimate of drug-likeness (QED) is 0.743. The van der Waals surface area contributed by atoms with Crippen molar-refractivity contribution in [3.8, 4) is 0 Å². The number of hydrogen-bond donors (Lipinski definition) is 0. The molecule has 1 rings (SSSR count). The highest BCUT2D eigenvalue weighted by Gasteiger charge is 2.33. The molecule has 0 aliphatic heterocycles. The van der Waals surface area contributed by atoms with Gasteiger partial charge in [-0.25, -0.2) is 4.98 Å². The van der Waals surface area contributed by atoms with Crippen LogP contribution in [0.25, 0.3) is 0 Å². The Morgan fingerprint density at radius 3 is 2.53 bits per heavy atom. The summed E-state index contributed by atoms with van der Waals surface area (Å²) in [5.41, 5.74) is 0.0577. The minimum absolute atomic E-state index is 0.264. The van der Waals surface area contributed by atoms with Crippen molar-refractivity contribution in [1.29, 1.82) is 0 Å². The van der Waals surface area contributed by atoms with Crippen molar-refractivity contribution < 1.29 is 9.53 Å². The molecule has 0 unspecified atom stereocenters. The first-order valence-electron chi connectivity index (χ1n) is 6.19. The summed E-state index contributed by atoms with van der Waals surface area (Å²) in [7, 11) is 7.50. The zero-order valence-electron chi connectivity index (χ0n) is 12.6. The number of anilines is 1. The molecule has 6 heteroatoms. The third kappa shape index (κ3) is 3.91. The fourth-order valence-corrected chi connectivity index (χ4v) is 2.52. The summed E-state index contributed by atoms with van der Waals surface area (Å²) >= 11 is 1.55. The number of ether oxygens (including phenoxy) is 1. The lowest BCUT2D eigenvalue weighted by Crippen LogP contribution is -2.31. The number of rotatable bonds is 6. The van der Waals surface area contributed by atoms with Crippen LogP contribution in [0, 0.1) is 0 Å². The molecule has 19 heavy (non-hydrogen) atoms. The number of carbonyl (C=O) groups is 1. The maximum Gasteiger partial charge on any atom is 0.317 e. The van der Waals surface area contributed by atoms with Gasteiger partial charge in [-0.05, 0) is 27.9 Å². The van der Waals surface area contributed by atoms with E-state index in [-0.39, 0.29) is 5.97 Å². The van der Waals surface area contributed by atoms with Crippen molar-refractivity contribution in [2.24, 2.45) is 0 Å². The maximum atomic E-state index is 11.8. The highest BCUT2D eigenvalue weighted by atomic mass is 32.1. The Morgan fingerprint density at radius 2 is 2.00 bits per heavy atom. The van der Waals surface area contributed by atoms with Gasteiger partial charge in [0, 0.05) is 25.5 Å². The first kappa shape index (κ1) is 15.9. The molecule has 0 atom stereocenters. The molecule has 1 aromatic rings. The van der Waals surface area contributed by atoms with Gasteiger partial charge in [0.25, 0.3) is 0 Å². The topological polar surface area (TPSA) is 45.7 Å². The molecule has 0 saturated carbocycles. The van der Waals surface area contributed by atoms with E-state index in [9.17, 15) is 4.79 Å². The summed E-state index contributed by atoms with van der Waals surface area (Å²) in [6, 6.07) is 0. The van der Waals surface area contributed by atoms with Crippen LogP contribution >= 0.6 is 11.3 Å². The van der Waals surface area contributed by atoms with E-state index < -0.39 is 5.41 Å². The van der Waals surface area contributed by atoms with Gasteiger partial charge in [-0.3, -0.25) is 4.79 Å². The summed E-state index contributed by atoms with van der Waals surface area (Å²) in [5.74, 6) is -0.264. The number of thiazole rings is 1. The maximum absolute atomic E-state index is 11.8. The molecule has 0 saturated heterocycles. The standard InChI is InChI=1S/C13H23N3O2S/c1-13(2,11(17)18-6)10-9-19-12(14-10)16(5)8-7-15(3)4/h9H,7-8H2,1-6H3. The van der Waals surface area contributed by atoms with E-state index in [1.165, 1.54) is 7.11 Å². The van der Waals surface area contributed by atoms with Gasteiger partial charge in [-0.1, -0.05) is 0 Å². The Morgan fingerprint density at radius 1 is 1.37 bits per heavy atom. The Balaban J connectivity index is 2.79. The largest absolute Gasteiger partial charge is 0.468 e. The number of carbonyl (C=O) groups excluding carboxylic acids is 1. The first-order valence-corrected chi connectivity index (χ1v) is 7.07. The number of hydrogen-bond acceptors (Lipinski definition) is 6. The second-order valence-electron chi connectivity index (χ2n) is 5.36. The minimum Gasteiger partial charge on any atom is -0.468 e. The van der Waals surface area contributed by atoms with Gasteiger partial charge >= 0.3 is 5.97 Å². The minimum atomic E-state index is -0.702.